The van der Waals surface area contributed by atoms with E-state index in [2.05, 4.69) is 34.1 Å². The minimum atomic E-state index is 0.0226. The summed E-state index contributed by atoms with van der Waals surface area (Å²) in [7, 11) is 0. The Labute approximate surface area is 166 Å². The molecule has 0 unspecified atom stereocenters. The molecule has 0 radical (unpaired) electrons. The molecule has 1 aliphatic rings. The van der Waals surface area contributed by atoms with E-state index in [4.69, 9.17) is 0 Å². The molecule has 2 aromatic carbocycles. The third-order valence-corrected chi connectivity index (χ3v) is 5.33. The molecule has 1 amide bonds. The van der Waals surface area contributed by atoms with Crippen molar-refractivity contribution in [3.05, 3.63) is 95.2 Å². The van der Waals surface area contributed by atoms with Crippen LogP contribution in [0.15, 0.2) is 72.9 Å². The largest absolute Gasteiger partial charge is 0.352 e. The lowest BCUT2D eigenvalue weighted by molar-refractivity contribution is 0.0752. The Morgan fingerprint density at radius 2 is 1.75 bits per heavy atom. The summed E-state index contributed by atoms with van der Waals surface area (Å²) in [4.78, 5) is 21.6. The van der Waals surface area contributed by atoms with E-state index in [1.165, 1.54) is 11.1 Å². The number of benzene rings is 2. The second kappa shape index (κ2) is 8.26. The Morgan fingerprint density at radius 1 is 1.00 bits per heavy atom. The normalized spacial score (nSPS) is 13.1. The van der Waals surface area contributed by atoms with E-state index < -0.39 is 0 Å². The van der Waals surface area contributed by atoms with Crippen molar-refractivity contribution in [3.8, 4) is 0 Å². The molecule has 1 aromatic heterocycles. The van der Waals surface area contributed by atoms with E-state index in [9.17, 15) is 4.79 Å². The van der Waals surface area contributed by atoms with Gasteiger partial charge in [-0.2, -0.15) is 0 Å². The van der Waals surface area contributed by atoms with Crippen LogP contribution in [0.3, 0.4) is 0 Å². The number of hydrogen-bond acceptors (Lipinski definition) is 3. The predicted molar refractivity (Wildman–Crippen MR) is 112 cm³/mol. The molecule has 0 spiro atoms. The highest BCUT2D eigenvalue weighted by molar-refractivity contribution is 5.94. The van der Waals surface area contributed by atoms with E-state index in [-0.39, 0.29) is 5.91 Å². The number of carbonyl (C=O) groups is 1. The molecule has 142 valence electrons. The maximum atomic E-state index is 12.9. The van der Waals surface area contributed by atoms with Gasteiger partial charge in [0.1, 0.15) is 5.82 Å². The molecule has 2 heterocycles. The van der Waals surface area contributed by atoms with Gasteiger partial charge in [0.05, 0.1) is 5.56 Å². The fourth-order valence-electron chi connectivity index (χ4n) is 3.70. The summed E-state index contributed by atoms with van der Waals surface area (Å²) in [5, 5.41) is 0. The van der Waals surface area contributed by atoms with Crippen LogP contribution in [-0.2, 0) is 19.5 Å². The van der Waals surface area contributed by atoms with Crippen molar-refractivity contribution in [2.75, 3.05) is 18.0 Å². The van der Waals surface area contributed by atoms with Gasteiger partial charge in [-0.15, -0.1) is 0 Å². The van der Waals surface area contributed by atoms with Crippen LogP contribution in [0.25, 0.3) is 0 Å². The molecule has 0 atom stereocenters. The predicted octanol–water partition coefficient (Wildman–Crippen LogP) is 4.31. The first kappa shape index (κ1) is 18.2. The molecule has 0 saturated carbocycles. The third kappa shape index (κ3) is 3.91. The number of anilines is 1. The lowest BCUT2D eigenvalue weighted by Crippen LogP contribution is -2.32. The Kier molecular flexibility index (Phi) is 5.38. The zero-order valence-electron chi connectivity index (χ0n) is 16.2. The second-order valence-electron chi connectivity index (χ2n) is 7.15. The Morgan fingerprint density at radius 3 is 2.46 bits per heavy atom. The minimum Gasteiger partial charge on any atom is -0.352 e. The number of aromatic nitrogens is 1. The SMILES string of the molecule is CCN(Cc1ccccc1)C(=O)c1ccc(N2CCc3ccccc3C2)nc1. The van der Waals surface area contributed by atoms with Crippen LogP contribution < -0.4 is 4.90 Å². The maximum absolute atomic E-state index is 12.9. The van der Waals surface area contributed by atoms with Crippen molar-refractivity contribution >= 4 is 11.7 Å². The maximum Gasteiger partial charge on any atom is 0.255 e. The number of nitrogens with zero attached hydrogens (tertiary/aromatic N) is 3. The Hall–Kier alpha value is -3.14. The van der Waals surface area contributed by atoms with Gasteiger partial charge in [0.25, 0.3) is 5.91 Å². The van der Waals surface area contributed by atoms with Crippen molar-refractivity contribution in [1.82, 2.24) is 9.88 Å². The van der Waals surface area contributed by atoms with E-state index in [0.29, 0.717) is 18.7 Å². The van der Waals surface area contributed by atoms with Crippen LogP contribution in [0.2, 0.25) is 0 Å². The monoisotopic (exact) mass is 371 g/mol. The number of fused-ring (bicyclic) bond motifs is 1. The van der Waals surface area contributed by atoms with Crippen molar-refractivity contribution in [2.45, 2.75) is 26.4 Å². The number of rotatable bonds is 5. The van der Waals surface area contributed by atoms with E-state index in [1.54, 1.807) is 6.20 Å². The first-order chi connectivity index (χ1) is 13.7. The first-order valence-corrected chi connectivity index (χ1v) is 9.85. The Balaban J connectivity index is 1.46. The Bertz CT molecular complexity index is 938. The molecule has 3 aromatic rings. The molecular weight excluding hydrogens is 346 g/mol. The molecule has 0 bridgehead atoms. The molecule has 4 heteroatoms. The van der Waals surface area contributed by atoms with Crippen LogP contribution in [0.5, 0.6) is 0 Å². The fraction of sp³-hybridized carbons (Fsp3) is 0.250. The van der Waals surface area contributed by atoms with Gasteiger partial charge < -0.3 is 9.80 Å². The molecular formula is C24H25N3O. The average molecular weight is 371 g/mol. The standard InChI is InChI=1S/C24H25N3O/c1-2-26(17-19-8-4-3-5-9-19)24(28)21-12-13-23(25-16-21)27-15-14-20-10-6-7-11-22(20)18-27/h3-13,16H,2,14-15,17-18H2,1H3. The van der Waals surface area contributed by atoms with Crippen molar-refractivity contribution < 1.29 is 4.79 Å². The molecule has 0 fully saturated rings. The van der Waals surface area contributed by atoms with Gasteiger partial charge >= 0.3 is 0 Å². The molecule has 0 saturated heterocycles. The molecule has 0 N–H and O–H groups in total. The number of carbonyl (C=O) groups excluding carboxylic acids is 1. The summed E-state index contributed by atoms with van der Waals surface area (Å²) in [6, 6.07) is 22.5. The first-order valence-electron chi connectivity index (χ1n) is 9.85. The topological polar surface area (TPSA) is 36.4 Å². The molecule has 4 rings (SSSR count). The summed E-state index contributed by atoms with van der Waals surface area (Å²) in [5.41, 5.74) is 4.55. The summed E-state index contributed by atoms with van der Waals surface area (Å²) in [6.45, 7) is 5.10. The summed E-state index contributed by atoms with van der Waals surface area (Å²) in [6.07, 6.45) is 2.74. The molecule has 1 aliphatic heterocycles. The van der Waals surface area contributed by atoms with Gasteiger partial charge in [0.2, 0.25) is 0 Å². The van der Waals surface area contributed by atoms with Gasteiger partial charge in [-0.05, 0) is 42.2 Å². The van der Waals surface area contributed by atoms with Gasteiger partial charge in [-0.25, -0.2) is 4.98 Å². The van der Waals surface area contributed by atoms with Crippen molar-refractivity contribution in [1.29, 1.82) is 0 Å². The summed E-state index contributed by atoms with van der Waals surface area (Å²) < 4.78 is 0. The number of hydrogen-bond donors (Lipinski definition) is 0. The zero-order chi connectivity index (χ0) is 19.3. The second-order valence-corrected chi connectivity index (χ2v) is 7.15. The summed E-state index contributed by atoms with van der Waals surface area (Å²) in [5.74, 6) is 0.951. The zero-order valence-corrected chi connectivity index (χ0v) is 16.2. The lowest BCUT2D eigenvalue weighted by atomic mass is 10.00. The lowest BCUT2D eigenvalue weighted by Gasteiger charge is -2.30. The number of amides is 1. The van der Waals surface area contributed by atoms with E-state index >= 15 is 0 Å². The van der Waals surface area contributed by atoms with Gasteiger partial charge in [-0.3, -0.25) is 4.79 Å². The van der Waals surface area contributed by atoms with Gasteiger partial charge in [0.15, 0.2) is 0 Å². The summed E-state index contributed by atoms with van der Waals surface area (Å²) >= 11 is 0. The molecule has 28 heavy (non-hydrogen) atoms. The van der Waals surface area contributed by atoms with E-state index in [1.807, 2.05) is 54.3 Å². The average Bonchev–Trinajstić information content (AvgIpc) is 2.77. The highest BCUT2D eigenvalue weighted by Gasteiger charge is 2.19. The molecule has 0 aliphatic carbocycles. The fourth-order valence-corrected chi connectivity index (χ4v) is 3.70. The minimum absolute atomic E-state index is 0.0226. The van der Waals surface area contributed by atoms with Crippen LogP contribution >= 0.6 is 0 Å². The van der Waals surface area contributed by atoms with Crippen LogP contribution in [0, 0.1) is 0 Å². The van der Waals surface area contributed by atoms with Gasteiger partial charge in [0, 0.05) is 32.4 Å². The quantitative estimate of drug-likeness (QED) is 0.671. The van der Waals surface area contributed by atoms with Crippen molar-refractivity contribution in [3.63, 3.8) is 0 Å². The van der Waals surface area contributed by atoms with Crippen LogP contribution in [0.4, 0.5) is 5.82 Å². The molecule has 4 nitrogen and oxygen atoms in total. The van der Waals surface area contributed by atoms with E-state index in [0.717, 1.165) is 30.9 Å². The smallest absolute Gasteiger partial charge is 0.255 e. The highest BCUT2D eigenvalue weighted by atomic mass is 16.2. The van der Waals surface area contributed by atoms with Crippen LogP contribution in [0.1, 0.15) is 34.0 Å². The van der Waals surface area contributed by atoms with Crippen molar-refractivity contribution in [2.24, 2.45) is 0 Å². The van der Waals surface area contributed by atoms with Gasteiger partial charge in [-0.1, -0.05) is 54.6 Å². The number of pyridine rings is 1. The van der Waals surface area contributed by atoms with Crippen LogP contribution in [-0.4, -0.2) is 28.9 Å². The third-order valence-electron chi connectivity index (χ3n) is 5.33. The highest BCUT2D eigenvalue weighted by Crippen LogP contribution is 2.23.